The Morgan fingerprint density at radius 3 is 2.52 bits per heavy atom. The Kier molecular flexibility index (Phi) is 3.60. The number of aromatic nitrogens is 1. The predicted molar refractivity (Wildman–Crippen MR) is 86.2 cm³/mol. The van der Waals surface area contributed by atoms with E-state index in [4.69, 9.17) is 16.2 Å². The smallest absolute Gasteiger partial charge is 0.127 e. The van der Waals surface area contributed by atoms with Crippen LogP contribution in [0.15, 0.2) is 54.9 Å². The molecule has 1 aromatic heterocycles. The molecule has 0 aliphatic carbocycles. The van der Waals surface area contributed by atoms with Crippen molar-refractivity contribution in [3.8, 4) is 5.75 Å². The van der Waals surface area contributed by atoms with Crippen LogP contribution in [-0.4, -0.2) is 11.6 Å². The zero-order chi connectivity index (χ0) is 14.7. The maximum absolute atomic E-state index is 5.99. The van der Waals surface area contributed by atoms with Crippen molar-refractivity contribution >= 4 is 22.1 Å². The van der Waals surface area contributed by atoms with Crippen LogP contribution in [-0.2, 0) is 6.42 Å². The fourth-order valence-corrected chi connectivity index (χ4v) is 2.35. The molecule has 3 aromatic rings. The molecule has 4 N–H and O–H groups in total. The van der Waals surface area contributed by atoms with Crippen molar-refractivity contribution in [3.05, 3.63) is 60.4 Å². The van der Waals surface area contributed by atoms with E-state index < -0.39 is 0 Å². The van der Waals surface area contributed by atoms with Gasteiger partial charge in [0.15, 0.2) is 0 Å². The monoisotopic (exact) mass is 279 g/mol. The van der Waals surface area contributed by atoms with Gasteiger partial charge >= 0.3 is 0 Å². The number of nitrogens with zero attached hydrogens (tertiary/aromatic N) is 1. The van der Waals surface area contributed by atoms with E-state index in [1.807, 2.05) is 42.5 Å². The SMILES string of the molecule is Nc1cnccc1CCOc1ccc(N)c2ccccc12. The van der Waals surface area contributed by atoms with Crippen molar-refractivity contribution in [1.29, 1.82) is 0 Å². The topological polar surface area (TPSA) is 74.2 Å². The van der Waals surface area contributed by atoms with Crippen LogP contribution in [0, 0.1) is 0 Å². The molecule has 0 bridgehead atoms. The molecule has 0 saturated heterocycles. The summed E-state index contributed by atoms with van der Waals surface area (Å²) < 4.78 is 5.90. The molecule has 0 atom stereocenters. The van der Waals surface area contributed by atoms with E-state index in [1.54, 1.807) is 12.4 Å². The summed E-state index contributed by atoms with van der Waals surface area (Å²) in [6, 6.07) is 13.7. The molecule has 1 heterocycles. The van der Waals surface area contributed by atoms with E-state index in [1.165, 1.54) is 0 Å². The van der Waals surface area contributed by atoms with Gasteiger partial charge < -0.3 is 16.2 Å². The summed E-state index contributed by atoms with van der Waals surface area (Å²) in [5.41, 5.74) is 14.4. The largest absolute Gasteiger partial charge is 0.493 e. The lowest BCUT2D eigenvalue weighted by atomic mass is 10.1. The highest BCUT2D eigenvalue weighted by molar-refractivity contribution is 5.96. The molecule has 0 saturated carbocycles. The highest BCUT2D eigenvalue weighted by Crippen LogP contribution is 2.30. The van der Waals surface area contributed by atoms with Crippen molar-refractivity contribution < 1.29 is 4.74 Å². The lowest BCUT2D eigenvalue weighted by Gasteiger charge is -2.11. The zero-order valence-corrected chi connectivity index (χ0v) is 11.6. The number of rotatable bonds is 4. The lowest BCUT2D eigenvalue weighted by Crippen LogP contribution is -2.04. The van der Waals surface area contributed by atoms with Gasteiger partial charge in [-0.25, -0.2) is 0 Å². The van der Waals surface area contributed by atoms with Gasteiger partial charge in [0, 0.05) is 29.1 Å². The van der Waals surface area contributed by atoms with Crippen LogP contribution in [0.3, 0.4) is 0 Å². The molecule has 0 radical (unpaired) electrons. The molecule has 4 nitrogen and oxygen atoms in total. The van der Waals surface area contributed by atoms with Crippen LogP contribution in [0.2, 0.25) is 0 Å². The average Bonchev–Trinajstić information content (AvgIpc) is 2.52. The molecular weight excluding hydrogens is 262 g/mol. The normalized spacial score (nSPS) is 10.7. The van der Waals surface area contributed by atoms with Gasteiger partial charge in [0.2, 0.25) is 0 Å². The van der Waals surface area contributed by atoms with Crippen molar-refractivity contribution in [2.45, 2.75) is 6.42 Å². The van der Waals surface area contributed by atoms with E-state index in [-0.39, 0.29) is 0 Å². The molecule has 3 rings (SSSR count). The number of fused-ring (bicyclic) bond motifs is 1. The summed E-state index contributed by atoms with van der Waals surface area (Å²) in [6.07, 6.45) is 4.14. The number of hydrogen-bond acceptors (Lipinski definition) is 4. The summed E-state index contributed by atoms with van der Waals surface area (Å²) >= 11 is 0. The second-order valence-electron chi connectivity index (χ2n) is 4.87. The molecule has 0 spiro atoms. The van der Waals surface area contributed by atoms with Crippen LogP contribution in [0.1, 0.15) is 5.56 Å². The quantitative estimate of drug-likeness (QED) is 0.720. The van der Waals surface area contributed by atoms with Gasteiger partial charge in [-0.05, 0) is 23.8 Å². The Morgan fingerprint density at radius 1 is 0.905 bits per heavy atom. The molecule has 4 heteroatoms. The number of nitrogen functional groups attached to an aromatic ring is 2. The van der Waals surface area contributed by atoms with Crippen molar-refractivity contribution in [2.24, 2.45) is 0 Å². The van der Waals surface area contributed by atoms with E-state index in [9.17, 15) is 0 Å². The summed E-state index contributed by atoms with van der Waals surface area (Å²) in [6.45, 7) is 0.558. The van der Waals surface area contributed by atoms with Crippen LogP contribution >= 0.6 is 0 Å². The number of benzene rings is 2. The number of hydrogen-bond donors (Lipinski definition) is 2. The Hall–Kier alpha value is -2.75. The minimum Gasteiger partial charge on any atom is -0.493 e. The Balaban J connectivity index is 1.77. The van der Waals surface area contributed by atoms with Gasteiger partial charge in [0.1, 0.15) is 5.75 Å². The minimum absolute atomic E-state index is 0.558. The fraction of sp³-hybridized carbons (Fsp3) is 0.118. The third-order valence-corrected chi connectivity index (χ3v) is 3.49. The van der Waals surface area contributed by atoms with Crippen molar-refractivity contribution in [3.63, 3.8) is 0 Å². The average molecular weight is 279 g/mol. The number of nitrogens with two attached hydrogens (primary N) is 2. The van der Waals surface area contributed by atoms with Crippen molar-refractivity contribution in [1.82, 2.24) is 4.98 Å². The first-order valence-electron chi connectivity index (χ1n) is 6.84. The second kappa shape index (κ2) is 5.71. The second-order valence-corrected chi connectivity index (χ2v) is 4.87. The van der Waals surface area contributed by atoms with Crippen LogP contribution in [0.5, 0.6) is 5.75 Å². The van der Waals surface area contributed by atoms with Gasteiger partial charge in [-0.3, -0.25) is 4.98 Å². The molecule has 0 aliphatic rings. The maximum atomic E-state index is 5.99. The van der Waals surface area contributed by atoms with Crippen LogP contribution < -0.4 is 16.2 Å². The summed E-state index contributed by atoms with van der Waals surface area (Å²) in [5.74, 6) is 0.840. The first-order chi connectivity index (χ1) is 10.3. The molecule has 0 unspecified atom stereocenters. The van der Waals surface area contributed by atoms with Gasteiger partial charge in [0.05, 0.1) is 18.5 Å². The lowest BCUT2D eigenvalue weighted by molar-refractivity contribution is 0.326. The summed E-state index contributed by atoms with van der Waals surface area (Å²) in [5, 5.41) is 2.04. The molecule has 2 aromatic carbocycles. The molecule has 106 valence electrons. The maximum Gasteiger partial charge on any atom is 0.127 e. The Labute approximate surface area is 123 Å². The third kappa shape index (κ3) is 2.74. The zero-order valence-electron chi connectivity index (χ0n) is 11.6. The first-order valence-corrected chi connectivity index (χ1v) is 6.84. The molecular formula is C17H17N3O. The standard InChI is InChI=1S/C17H17N3O/c18-15-5-6-17(14-4-2-1-3-13(14)15)21-10-8-12-7-9-20-11-16(12)19/h1-7,9,11H,8,10,18-19H2. The van der Waals surface area contributed by atoms with Crippen molar-refractivity contribution in [2.75, 3.05) is 18.1 Å². The fourth-order valence-electron chi connectivity index (χ4n) is 2.35. The predicted octanol–water partition coefficient (Wildman–Crippen LogP) is 3.02. The van der Waals surface area contributed by atoms with Gasteiger partial charge in [0.25, 0.3) is 0 Å². The number of anilines is 2. The first kappa shape index (κ1) is 13.2. The highest BCUT2D eigenvalue weighted by Gasteiger charge is 2.05. The van der Waals surface area contributed by atoms with E-state index in [2.05, 4.69) is 4.98 Å². The molecule has 21 heavy (non-hydrogen) atoms. The van der Waals surface area contributed by atoms with Crippen LogP contribution in [0.4, 0.5) is 11.4 Å². The summed E-state index contributed by atoms with van der Waals surface area (Å²) in [7, 11) is 0. The third-order valence-electron chi connectivity index (χ3n) is 3.49. The van der Waals surface area contributed by atoms with E-state index >= 15 is 0 Å². The van der Waals surface area contributed by atoms with E-state index in [0.29, 0.717) is 12.3 Å². The molecule has 0 aliphatic heterocycles. The van der Waals surface area contributed by atoms with Gasteiger partial charge in [-0.15, -0.1) is 0 Å². The van der Waals surface area contributed by atoms with Gasteiger partial charge in [-0.1, -0.05) is 24.3 Å². The number of pyridine rings is 1. The Morgan fingerprint density at radius 2 is 1.71 bits per heavy atom. The highest BCUT2D eigenvalue weighted by atomic mass is 16.5. The Bertz CT molecular complexity index is 771. The van der Waals surface area contributed by atoms with E-state index in [0.717, 1.165) is 34.2 Å². The minimum atomic E-state index is 0.558. The van der Waals surface area contributed by atoms with Gasteiger partial charge in [-0.2, -0.15) is 0 Å². The summed E-state index contributed by atoms with van der Waals surface area (Å²) in [4.78, 5) is 3.98. The molecule has 0 fully saturated rings. The molecule has 0 amide bonds. The number of ether oxygens (including phenoxy) is 1. The van der Waals surface area contributed by atoms with Crippen LogP contribution in [0.25, 0.3) is 10.8 Å².